The van der Waals surface area contributed by atoms with Gasteiger partial charge in [-0.05, 0) is 55.0 Å². The molecular weight excluding hydrogens is 425 g/mol. The van der Waals surface area contributed by atoms with E-state index in [4.69, 9.17) is 9.88 Å². The molecule has 2 aromatic rings. The minimum Gasteiger partial charge on any atom is -0.449 e. The maximum atomic E-state index is 12.5. The Kier molecular flexibility index (Phi) is 7.00. The molecule has 0 aliphatic heterocycles. The van der Waals surface area contributed by atoms with E-state index in [1.807, 2.05) is 0 Å². The number of hydrogen-bond donors (Lipinski definition) is 2. The Bertz CT molecular complexity index is 1050. The average Bonchev–Trinajstić information content (AvgIpc) is 2.65. The van der Waals surface area contributed by atoms with Gasteiger partial charge in [0.05, 0.1) is 10.5 Å². The molecule has 30 heavy (non-hydrogen) atoms. The predicted molar refractivity (Wildman–Crippen MR) is 102 cm³/mol. The van der Waals surface area contributed by atoms with Crippen LogP contribution in [0.1, 0.15) is 18.1 Å². The lowest BCUT2D eigenvalue weighted by Gasteiger charge is -2.12. The van der Waals surface area contributed by atoms with E-state index in [-0.39, 0.29) is 10.6 Å². The molecular formula is C19H17F3N2O5S. The fourth-order valence-electron chi connectivity index (χ4n) is 2.19. The number of carbonyl (C=O) groups excluding carboxylic acids is 2. The van der Waals surface area contributed by atoms with Gasteiger partial charge in [-0.15, -0.1) is 0 Å². The van der Waals surface area contributed by atoms with Gasteiger partial charge in [0, 0.05) is 11.8 Å². The number of hydrogen-bond acceptors (Lipinski definition) is 5. The van der Waals surface area contributed by atoms with Crippen LogP contribution in [-0.2, 0) is 30.5 Å². The van der Waals surface area contributed by atoms with Gasteiger partial charge in [-0.3, -0.25) is 4.79 Å². The van der Waals surface area contributed by atoms with Crippen LogP contribution in [-0.4, -0.2) is 26.4 Å². The zero-order chi connectivity index (χ0) is 22.5. The van der Waals surface area contributed by atoms with Crippen molar-refractivity contribution in [2.75, 3.05) is 5.32 Å². The first-order chi connectivity index (χ1) is 13.9. The quantitative estimate of drug-likeness (QED) is 0.527. The lowest BCUT2D eigenvalue weighted by Crippen LogP contribution is -2.29. The molecule has 0 aliphatic carbocycles. The maximum Gasteiger partial charge on any atom is 0.416 e. The lowest BCUT2D eigenvalue weighted by atomic mass is 10.1. The summed E-state index contributed by atoms with van der Waals surface area (Å²) < 4.78 is 64.9. The number of benzene rings is 2. The van der Waals surface area contributed by atoms with Gasteiger partial charge in [0.15, 0.2) is 6.10 Å². The van der Waals surface area contributed by atoms with Crippen molar-refractivity contribution in [3.8, 4) is 0 Å². The smallest absolute Gasteiger partial charge is 0.416 e. The third-order valence-corrected chi connectivity index (χ3v) is 4.69. The Morgan fingerprint density at radius 1 is 1.07 bits per heavy atom. The number of esters is 1. The van der Waals surface area contributed by atoms with Crippen LogP contribution in [0.5, 0.6) is 0 Å². The number of halogens is 3. The van der Waals surface area contributed by atoms with Gasteiger partial charge >= 0.3 is 12.1 Å². The van der Waals surface area contributed by atoms with E-state index in [0.29, 0.717) is 5.56 Å². The van der Waals surface area contributed by atoms with Crippen molar-refractivity contribution in [3.63, 3.8) is 0 Å². The van der Waals surface area contributed by atoms with E-state index < -0.39 is 39.7 Å². The van der Waals surface area contributed by atoms with E-state index in [2.05, 4.69) is 5.32 Å². The molecule has 0 spiro atoms. The van der Waals surface area contributed by atoms with Crippen LogP contribution in [0.4, 0.5) is 18.9 Å². The molecule has 0 saturated carbocycles. The first kappa shape index (κ1) is 23.1. The molecule has 11 heteroatoms. The van der Waals surface area contributed by atoms with Crippen molar-refractivity contribution in [3.05, 3.63) is 65.7 Å². The second-order valence-electron chi connectivity index (χ2n) is 6.09. The number of anilines is 1. The van der Waals surface area contributed by atoms with Crippen LogP contribution in [0.25, 0.3) is 6.08 Å². The van der Waals surface area contributed by atoms with Gasteiger partial charge in [0.25, 0.3) is 5.91 Å². The van der Waals surface area contributed by atoms with Gasteiger partial charge in [-0.1, -0.05) is 12.1 Å². The zero-order valence-electron chi connectivity index (χ0n) is 15.5. The molecule has 0 bridgehead atoms. The maximum absolute atomic E-state index is 12.5. The molecule has 0 heterocycles. The fraction of sp³-hybridized carbons (Fsp3) is 0.158. The molecule has 1 amide bonds. The molecule has 3 N–H and O–H groups in total. The number of carbonyl (C=O) groups is 2. The SMILES string of the molecule is CC(OC(=O)/C=C/c1ccc(C(F)(F)F)cc1)C(=O)Nc1ccc(S(N)(=O)=O)cc1. The highest BCUT2D eigenvalue weighted by Gasteiger charge is 2.29. The number of amides is 1. The molecule has 7 nitrogen and oxygen atoms in total. The second-order valence-corrected chi connectivity index (χ2v) is 7.65. The normalized spacial score (nSPS) is 13.1. The van der Waals surface area contributed by atoms with Gasteiger partial charge < -0.3 is 10.1 Å². The first-order valence-corrected chi connectivity index (χ1v) is 9.90. The Morgan fingerprint density at radius 3 is 2.13 bits per heavy atom. The molecule has 160 valence electrons. The van der Waals surface area contributed by atoms with Crippen LogP contribution in [0, 0.1) is 0 Å². The highest BCUT2D eigenvalue weighted by Crippen LogP contribution is 2.29. The summed E-state index contributed by atoms with van der Waals surface area (Å²) in [5.41, 5.74) is -0.216. The van der Waals surface area contributed by atoms with Crippen LogP contribution >= 0.6 is 0 Å². The van der Waals surface area contributed by atoms with Gasteiger partial charge in [0.1, 0.15) is 0 Å². The summed E-state index contributed by atoms with van der Waals surface area (Å²) in [5.74, 6) is -1.54. The highest BCUT2D eigenvalue weighted by atomic mass is 32.2. The van der Waals surface area contributed by atoms with Crippen molar-refractivity contribution in [2.45, 2.75) is 24.1 Å². The van der Waals surface area contributed by atoms with Crippen LogP contribution in [0.3, 0.4) is 0 Å². The predicted octanol–water partition coefficient (Wildman–Crippen LogP) is 2.94. The molecule has 0 saturated heterocycles. The molecule has 0 radical (unpaired) electrons. The Balaban J connectivity index is 1.91. The van der Waals surface area contributed by atoms with E-state index in [9.17, 15) is 31.2 Å². The van der Waals surface area contributed by atoms with Crippen molar-refractivity contribution < 1.29 is 35.9 Å². The highest BCUT2D eigenvalue weighted by molar-refractivity contribution is 7.89. The van der Waals surface area contributed by atoms with Crippen LogP contribution < -0.4 is 10.5 Å². The number of rotatable bonds is 6. The molecule has 0 aliphatic rings. The summed E-state index contributed by atoms with van der Waals surface area (Å²) in [6.07, 6.45) is -3.41. The molecule has 0 aromatic heterocycles. The molecule has 1 atom stereocenters. The molecule has 2 aromatic carbocycles. The van der Waals surface area contributed by atoms with Crippen LogP contribution in [0.15, 0.2) is 59.5 Å². The Labute approximate surface area is 170 Å². The largest absolute Gasteiger partial charge is 0.449 e. The Hall–Kier alpha value is -3.18. The van der Waals surface area contributed by atoms with Crippen molar-refractivity contribution in [1.29, 1.82) is 0 Å². The van der Waals surface area contributed by atoms with E-state index >= 15 is 0 Å². The van der Waals surface area contributed by atoms with Crippen LogP contribution in [0.2, 0.25) is 0 Å². The van der Waals surface area contributed by atoms with E-state index in [0.717, 1.165) is 18.2 Å². The van der Waals surface area contributed by atoms with Gasteiger partial charge in [0.2, 0.25) is 10.0 Å². The van der Waals surface area contributed by atoms with Crippen molar-refractivity contribution in [1.82, 2.24) is 0 Å². The zero-order valence-corrected chi connectivity index (χ0v) is 16.3. The standard InChI is InChI=1S/C19H17F3N2O5S/c1-12(18(26)24-15-7-9-16(10-8-15)30(23,27)28)29-17(25)11-4-13-2-5-14(6-3-13)19(20,21)22/h2-12H,1H3,(H,24,26)(H2,23,27,28)/b11-4+. The third kappa shape index (κ3) is 6.71. The number of nitrogens with two attached hydrogens (primary N) is 1. The summed E-state index contributed by atoms with van der Waals surface area (Å²) in [5, 5.41) is 7.42. The summed E-state index contributed by atoms with van der Waals surface area (Å²) in [4.78, 5) is 23.8. The average molecular weight is 442 g/mol. The monoisotopic (exact) mass is 442 g/mol. The summed E-state index contributed by atoms with van der Waals surface area (Å²) in [7, 11) is -3.86. The number of nitrogens with one attached hydrogen (secondary N) is 1. The molecule has 0 fully saturated rings. The van der Waals surface area contributed by atoms with Crippen molar-refractivity contribution >= 4 is 33.7 Å². The summed E-state index contributed by atoms with van der Waals surface area (Å²) >= 11 is 0. The van der Waals surface area contributed by atoms with Crippen molar-refractivity contribution in [2.24, 2.45) is 5.14 Å². The third-order valence-electron chi connectivity index (χ3n) is 3.76. The minimum atomic E-state index is -4.46. The first-order valence-electron chi connectivity index (χ1n) is 8.36. The number of primary sulfonamides is 1. The van der Waals surface area contributed by atoms with E-state index in [1.54, 1.807) is 0 Å². The van der Waals surface area contributed by atoms with Gasteiger partial charge in [-0.25, -0.2) is 18.4 Å². The second kappa shape index (κ2) is 9.09. The number of alkyl halides is 3. The molecule has 1 unspecified atom stereocenters. The number of sulfonamides is 1. The minimum absolute atomic E-state index is 0.131. The van der Waals surface area contributed by atoms with E-state index in [1.165, 1.54) is 49.4 Å². The summed E-state index contributed by atoms with van der Waals surface area (Å²) in [6, 6.07) is 9.17. The van der Waals surface area contributed by atoms with Gasteiger partial charge in [-0.2, -0.15) is 13.2 Å². The number of ether oxygens (including phenoxy) is 1. The topological polar surface area (TPSA) is 116 Å². The molecule has 2 rings (SSSR count). The summed E-state index contributed by atoms with van der Waals surface area (Å²) in [6.45, 7) is 1.32. The fourth-order valence-corrected chi connectivity index (χ4v) is 2.70. The Morgan fingerprint density at radius 2 is 1.63 bits per heavy atom. The lowest BCUT2D eigenvalue weighted by molar-refractivity contribution is -0.148.